The van der Waals surface area contributed by atoms with Gasteiger partial charge in [0.05, 0.1) is 4.92 Å². The van der Waals surface area contributed by atoms with E-state index in [-0.39, 0.29) is 23.3 Å². The Morgan fingerprint density at radius 2 is 2.07 bits per heavy atom. The summed E-state index contributed by atoms with van der Waals surface area (Å²) in [6, 6.07) is 4.14. The average molecular weight is 406 g/mol. The maximum Gasteiger partial charge on any atom is 0.407 e. The van der Waals surface area contributed by atoms with Gasteiger partial charge in [0.2, 0.25) is 5.91 Å². The molecule has 29 heavy (non-hydrogen) atoms. The van der Waals surface area contributed by atoms with E-state index in [1.165, 1.54) is 12.1 Å². The van der Waals surface area contributed by atoms with Crippen LogP contribution >= 0.6 is 0 Å². The Morgan fingerprint density at radius 3 is 2.66 bits per heavy atom. The number of likely N-dealkylation sites (tertiary alicyclic amines) is 1. The van der Waals surface area contributed by atoms with Gasteiger partial charge in [-0.05, 0) is 53.1 Å². The molecule has 0 spiro atoms. The number of amides is 2. The number of piperidine rings is 1. The highest BCUT2D eigenvalue weighted by Crippen LogP contribution is 2.27. The number of rotatable bonds is 6. The molecule has 0 radical (unpaired) electrons. The van der Waals surface area contributed by atoms with Gasteiger partial charge in [-0.25, -0.2) is 4.79 Å². The van der Waals surface area contributed by atoms with E-state index in [0.29, 0.717) is 12.1 Å². The van der Waals surface area contributed by atoms with Gasteiger partial charge in [0, 0.05) is 35.8 Å². The van der Waals surface area contributed by atoms with Crippen molar-refractivity contribution in [2.24, 2.45) is 5.73 Å². The second-order valence-electron chi connectivity index (χ2n) is 8.43. The summed E-state index contributed by atoms with van der Waals surface area (Å²) in [5.41, 5.74) is 5.15. The molecule has 0 aliphatic carbocycles. The Morgan fingerprint density at radius 1 is 1.38 bits per heavy atom. The molecule has 2 amide bonds. The van der Waals surface area contributed by atoms with Crippen LogP contribution in [0.1, 0.15) is 62.9 Å². The number of nitrogens with two attached hydrogens (primary N) is 1. The van der Waals surface area contributed by atoms with Gasteiger partial charge >= 0.3 is 6.09 Å². The Bertz CT molecular complexity index is 775. The molecule has 1 aromatic rings. The van der Waals surface area contributed by atoms with Crippen LogP contribution in [0.5, 0.6) is 0 Å². The first-order chi connectivity index (χ1) is 13.5. The summed E-state index contributed by atoms with van der Waals surface area (Å²) >= 11 is 0. The number of hydrogen-bond acceptors (Lipinski definition) is 6. The number of benzene rings is 1. The van der Waals surface area contributed by atoms with Crippen LogP contribution in [-0.2, 0) is 11.3 Å². The molecule has 0 aromatic heterocycles. The number of carbonyl (C=O) groups excluding carboxylic acids is 2. The molecule has 9 nitrogen and oxygen atoms in total. The number of ether oxygens (including phenoxy) is 1. The molecule has 160 valence electrons. The second kappa shape index (κ2) is 9.21. The molecule has 3 N–H and O–H groups in total. The van der Waals surface area contributed by atoms with E-state index < -0.39 is 22.5 Å². The van der Waals surface area contributed by atoms with Crippen LogP contribution in [0.25, 0.3) is 0 Å². The van der Waals surface area contributed by atoms with Gasteiger partial charge in [-0.1, -0.05) is 12.5 Å². The van der Waals surface area contributed by atoms with Crippen LogP contribution in [-0.4, -0.2) is 46.1 Å². The summed E-state index contributed by atoms with van der Waals surface area (Å²) in [7, 11) is 0. The molecular weight excluding hydrogens is 376 g/mol. The minimum atomic E-state index is -0.703. The van der Waals surface area contributed by atoms with Crippen molar-refractivity contribution in [2.75, 3.05) is 6.54 Å². The molecule has 1 heterocycles. The van der Waals surface area contributed by atoms with Crippen LogP contribution in [0.2, 0.25) is 0 Å². The van der Waals surface area contributed by atoms with Crippen molar-refractivity contribution in [1.82, 2.24) is 10.2 Å². The lowest BCUT2D eigenvalue weighted by molar-refractivity contribution is -0.385. The molecule has 9 heteroatoms. The van der Waals surface area contributed by atoms with Gasteiger partial charge in [0.15, 0.2) is 0 Å². The molecule has 2 rings (SSSR count). The highest BCUT2D eigenvalue weighted by Gasteiger charge is 2.31. The minimum absolute atomic E-state index is 0.0201. The smallest absolute Gasteiger partial charge is 0.407 e. The highest BCUT2D eigenvalue weighted by molar-refractivity contribution is 5.93. The zero-order valence-electron chi connectivity index (χ0n) is 17.4. The van der Waals surface area contributed by atoms with Crippen molar-refractivity contribution in [3.8, 4) is 0 Å². The maximum atomic E-state index is 12.1. The molecule has 0 bridgehead atoms. The number of primary amides is 1. The molecule has 0 saturated carbocycles. The lowest BCUT2D eigenvalue weighted by Crippen LogP contribution is -2.52. The third-order valence-electron chi connectivity index (χ3n) is 4.93. The molecule has 1 aromatic carbocycles. The lowest BCUT2D eigenvalue weighted by Gasteiger charge is -2.39. The Hall–Kier alpha value is -2.68. The fraction of sp³-hybridized carbons (Fsp3) is 0.600. The molecule has 0 unspecified atom stereocenters. The standard InChI is InChI=1S/C20H30N4O5/c1-13(22-19(26)29-20(2,3)4)16-7-5-6-10-23(16)12-15-9-8-14(18(21)25)11-17(15)24(27)28/h8-9,11,13,16H,5-7,10,12H2,1-4H3,(H2,21,25)(H,22,26)/t13-,16+/m0/s1. The van der Waals surface area contributed by atoms with E-state index in [1.54, 1.807) is 26.8 Å². The molecule has 2 atom stereocenters. The number of nitrogens with zero attached hydrogens (tertiary/aromatic N) is 2. The first kappa shape index (κ1) is 22.6. The van der Waals surface area contributed by atoms with Gasteiger partial charge in [0.25, 0.3) is 5.69 Å². The normalized spacial score (nSPS) is 18.7. The first-order valence-electron chi connectivity index (χ1n) is 9.78. The summed E-state index contributed by atoms with van der Waals surface area (Å²) in [4.78, 5) is 36.6. The van der Waals surface area contributed by atoms with Gasteiger partial charge in [0.1, 0.15) is 5.60 Å². The average Bonchev–Trinajstić information content (AvgIpc) is 2.60. The maximum absolute atomic E-state index is 12.1. The zero-order valence-corrected chi connectivity index (χ0v) is 17.4. The summed E-state index contributed by atoms with van der Waals surface area (Å²) in [6.07, 6.45) is 2.38. The van der Waals surface area contributed by atoms with Crippen LogP contribution in [0.3, 0.4) is 0 Å². The molecule has 1 fully saturated rings. The van der Waals surface area contributed by atoms with E-state index in [4.69, 9.17) is 10.5 Å². The quantitative estimate of drug-likeness (QED) is 0.552. The SMILES string of the molecule is C[C@H](NC(=O)OC(C)(C)C)[C@H]1CCCCN1Cc1ccc(C(N)=O)cc1[N+](=O)[O-]. The van der Waals surface area contributed by atoms with Gasteiger partial charge in [-0.2, -0.15) is 0 Å². The molecule has 1 saturated heterocycles. The first-order valence-corrected chi connectivity index (χ1v) is 9.78. The van der Waals surface area contributed by atoms with Crippen LogP contribution in [0, 0.1) is 10.1 Å². The molecule has 1 aliphatic rings. The highest BCUT2D eigenvalue weighted by atomic mass is 16.6. The Labute approximate surface area is 170 Å². The number of hydrogen-bond donors (Lipinski definition) is 2. The third-order valence-corrected chi connectivity index (χ3v) is 4.93. The van der Waals surface area contributed by atoms with Crippen molar-refractivity contribution >= 4 is 17.7 Å². The lowest BCUT2D eigenvalue weighted by atomic mass is 9.95. The number of nitro benzene ring substituents is 1. The van der Waals surface area contributed by atoms with E-state index in [1.807, 2.05) is 6.92 Å². The topological polar surface area (TPSA) is 128 Å². The van der Waals surface area contributed by atoms with Crippen molar-refractivity contribution in [1.29, 1.82) is 0 Å². The summed E-state index contributed by atoms with van der Waals surface area (Å²) in [6.45, 7) is 8.44. The molecular formula is C20H30N4O5. The number of nitro groups is 1. The fourth-order valence-electron chi connectivity index (χ4n) is 3.61. The van der Waals surface area contributed by atoms with Crippen molar-refractivity contribution in [2.45, 2.75) is 71.2 Å². The third kappa shape index (κ3) is 6.42. The van der Waals surface area contributed by atoms with Crippen molar-refractivity contribution in [3.63, 3.8) is 0 Å². The number of nitrogens with one attached hydrogen (secondary N) is 1. The monoisotopic (exact) mass is 406 g/mol. The van der Waals surface area contributed by atoms with Gasteiger partial charge in [-0.3, -0.25) is 19.8 Å². The van der Waals surface area contributed by atoms with Crippen LogP contribution in [0.15, 0.2) is 18.2 Å². The van der Waals surface area contributed by atoms with E-state index in [2.05, 4.69) is 10.2 Å². The van der Waals surface area contributed by atoms with E-state index in [9.17, 15) is 19.7 Å². The summed E-state index contributed by atoms with van der Waals surface area (Å²) in [5, 5.41) is 14.4. The second-order valence-corrected chi connectivity index (χ2v) is 8.43. The van der Waals surface area contributed by atoms with Crippen LogP contribution in [0.4, 0.5) is 10.5 Å². The largest absolute Gasteiger partial charge is 0.444 e. The minimum Gasteiger partial charge on any atom is -0.444 e. The Kier molecular flexibility index (Phi) is 7.18. The van der Waals surface area contributed by atoms with E-state index >= 15 is 0 Å². The van der Waals surface area contributed by atoms with Crippen LogP contribution < -0.4 is 11.1 Å². The predicted octanol–water partition coefficient (Wildman–Crippen LogP) is 2.96. The van der Waals surface area contributed by atoms with Crippen molar-refractivity contribution < 1.29 is 19.2 Å². The number of alkyl carbamates (subject to hydrolysis) is 1. The Balaban J connectivity index is 2.16. The van der Waals surface area contributed by atoms with Crippen molar-refractivity contribution in [3.05, 3.63) is 39.4 Å². The predicted molar refractivity (Wildman–Crippen MR) is 108 cm³/mol. The van der Waals surface area contributed by atoms with E-state index in [0.717, 1.165) is 25.8 Å². The summed E-state index contributed by atoms with van der Waals surface area (Å²) < 4.78 is 5.34. The molecule has 1 aliphatic heterocycles. The summed E-state index contributed by atoms with van der Waals surface area (Å²) in [5.74, 6) is -0.703. The zero-order chi connectivity index (χ0) is 21.8. The van der Waals surface area contributed by atoms with Gasteiger partial charge < -0.3 is 15.8 Å². The fourth-order valence-corrected chi connectivity index (χ4v) is 3.61. The number of carbonyl (C=O) groups is 2. The van der Waals surface area contributed by atoms with Gasteiger partial charge in [-0.15, -0.1) is 0 Å².